The van der Waals surface area contributed by atoms with Crippen LogP contribution in [-0.4, -0.2) is 27.5 Å². The van der Waals surface area contributed by atoms with Crippen molar-refractivity contribution in [2.75, 3.05) is 7.11 Å². The van der Waals surface area contributed by atoms with Gasteiger partial charge in [0, 0.05) is 24.2 Å². The van der Waals surface area contributed by atoms with Crippen molar-refractivity contribution < 1.29 is 9.53 Å². The maximum absolute atomic E-state index is 12.9. The number of methoxy groups -OCH3 is 1. The largest absolute Gasteiger partial charge is 0.378 e. The van der Waals surface area contributed by atoms with E-state index in [1.165, 1.54) is 5.56 Å². The topological polar surface area (TPSA) is 56.5 Å². The number of hydrogen-bond acceptors (Lipinski definition) is 4. The second kappa shape index (κ2) is 7.78. The number of fused-ring (bicyclic) bond motifs is 3. The van der Waals surface area contributed by atoms with Crippen LogP contribution in [0.4, 0.5) is 0 Å². The third-order valence-corrected chi connectivity index (χ3v) is 6.20. The molecule has 0 aliphatic heterocycles. The molecule has 0 fully saturated rings. The van der Waals surface area contributed by atoms with Crippen LogP contribution in [0.3, 0.4) is 0 Å². The summed E-state index contributed by atoms with van der Waals surface area (Å²) in [5, 5.41) is 4.84. The summed E-state index contributed by atoms with van der Waals surface area (Å²) in [6.45, 7) is 0.375. The molecule has 0 unspecified atom stereocenters. The summed E-state index contributed by atoms with van der Waals surface area (Å²) in [7, 11) is 1.66. The fraction of sp³-hybridized carbons (Fsp3) is 0.208. The first-order valence-electron chi connectivity index (χ1n) is 9.88. The minimum atomic E-state index is 0.119. The van der Waals surface area contributed by atoms with Crippen LogP contribution in [0.1, 0.15) is 39.6 Å². The lowest BCUT2D eigenvalue weighted by Gasteiger charge is -2.24. The normalized spacial score (nSPS) is 16.1. The quantitative estimate of drug-likeness (QED) is 0.418. The molecule has 0 saturated carbocycles. The van der Waals surface area contributed by atoms with Gasteiger partial charge in [0.2, 0.25) is 0 Å². The van der Waals surface area contributed by atoms with Crippen LogP contribution in [-0.2, 0) is 17.8 Å². The van der Waals surface area contributed by atoms with Crippen LogP contribution in [0, 0.1) is 0 Å². The molecule has 150 valence electrons. The molecule has 0 radical (unpaired) electrons. The highest BCUT2D eigenvalue weighted by Gasteiger charge is 2.30. The summed E-state index contributed by atoms with van der Waals surface area (Å²) < 4.78 is 8.29. The van der Waals surface area contributed by atoms with Crippen molar-refractivity contribution in [2.45, 2.75) is 25.4 Å². The van der Waals surface area contributed by atoms with Gasteiger partial charge in [-0.05, 0) is 35.6 Å². The fourth-order valence-electron chi connectivity index (χ4n) is 4.25. The molecule has 0 spiro atoms. The molecule has 0 N–H and O–H groups in total. The van der Waals surface area contributed by atoms with Crippen molar-refractivity contribution in [1.29, 1.82) is 0 Å². The molecule has 0 saturated heterocycles. The number of ether oxygens (including phenoxy) is 1. The SMILES string of the molecule is COCc1nn2c3c(cnc2c1-c1ccc(Br)cc1)C(=O)C[C@@H](c1ccccc1)C3. The monoisotopic (exact) mass is 461 g/mol. The highest BCUT2D eigenvalue weighted by atomic mass is 79.9. The summed E-state index contributed by atoms with van der Waals surface area (Å²) in [6, 6.07) is 18.3. The molecule has 5 rings (SSSR count). The van der Waals surface area contributed by atoms with Gasteiger partial charge in [0.05, 0.1) is 29.1 Å². The predicted octanol–water partition coefficient (Wildman–Crippen LogP) is 5.22. The Bertz CT molecular complexity index is 1230. The third kappa shape index (κ3) is 3.26. The first-order valence-corrected chi connectivity index (χ1v) is 10.7. The predicted molar refractivity (Wildman–Crippen MR) is 119 cm³/mol. The number of rotatable bonds is 4. The average Bonchev–Trinajstić information content (AvgIpc) is 3.14. The van der Waals surface area contributed by atoms with E-state index in [2.05, 4.69) is 33.0 Å². The van der Waals surface area contributed by atoms with E-state index in [4.69, 9.17) is 9.84 Å². The van der Waals surface area contributed by atoms with Gasteiger partial charge >= 0.3 is 0 Å². The van der Waals surface area contributed by atoms with E-state index in [-0.39, 0.29) is 11.7 Å². The molecule has 1 aliphatic rings. The molecule has 0 bridgehead atoms. The number of hydrogen-bond donors (Lipinski definition) is 0. The van der Waals surface area contributed by atoms with Gasteiger partial charge in [-0.2, -0.15) is 5.10 Å². The Balaban J connectivity index is 1.69. The van der Waals surface area contributed by atoms with Crippen LogP contribution in [0.15, 0.2) is 65.3 Å². The van der Waals surface area contributed by atoms with E-state index in [1.807, 2.05) is 47.0 Å². The number of nitrogens with zero attached hydrogens (tertiary/aromatic N) is 3. The van der Waals surface area contributed by atoms with Crippen LogP contribution in [0.2, 0.25) is 0 Å². The summed E-state index contributed by atoms with van der Waals surface area (Å²) in [5.41, 5.74) is 6.31. The highest BCUT2D eigenvalue weighted by molar-refractivity contribution is 9.10. The number of carbonyl (C=O) groups is 1. The first kappa shape index (κ1) is 19.2. The lowest BCUT2D eigenvalue weighted by atomic mass is 9.82. The molecule has 2 aromatic carbocycles. The fourth-order valence-corrected chi connectivity index (χ4v) is 4.52. The lowest BCUT2D eigenvalue weighted by Crippen LogP contribution is -2.22. The Labute approximate surface area is 182 Å². The molecular weight excluding hydrogens is 442 g/mol. The standard InChI is InChI=1S/C24H20BrN3O2/c1-30-14-20-23(16-7-9-18(25)10-8-16)24-26-13-19-21(28(24)27-20)11-17(12-22(19)29)15-5-3-2-4-6-15/h2-10,13,17H,11-12,14H2,1H3/t17-/m0/s1. The van der Waals surface area contributed by atoms with Crippen LogP contribution in [0.5, 0.6) is 0 Å². The van der Waals surface area contributed by atoms with Gasteiger partial charge < -0.3 is 4.74 Å². The molecule has 2 heterocycles. The van der Waals surface area contributed by atoms with Crippen LogP contribution >= 0.6 is 15.9 Å². The zero-order valence-electron chi connectivity index (χ0n) is 16.5. The van der Waals surface area contributed by atoms with E-state index in [9.17, 15) is 4.79 Å². The number of Topliss-reactive ketones (excluding diaryl/α,β-unsaturated/α-hetero) is 1. The van der Waals surface area contributed by atoms with E-state index >= 15 is 0 Å². The van der Waals surface area contributed by atoms with Gasteiger partial charge in [0.1, 0.15) is 0 Å². The third-order valence-electron chi connectivity index (χ3n) is 5.67. The smallest absolute Gasteiger partial charge is 0.166 e. The van der Waals surface area contributed by atoms with E-state index < -0.39 is 0 Å². The second-order valence-corrected chi connectivity index (χ2v) is 8.47. The Morgan fingerprint density at radius 2 is 1.87 bits per heavy atom. The molecule has 1 aliphatic carbocycles. The molecule has 6 heteroatoms. The minimum Gasteiger partial charge on any atom is -0.378 e. The Kier molecular flexibility index (Phi) is 4.97. The molecular formula is C24H20BrN3O2. The molecule has 2 aromatic heterocycles. The molecule has 1 atom stereocenters. The number of carbonyl (C=O) groups excluding carboxylic acids is 1. The van der Waals surface area contributed by atoms with Crippen molar-refractivity contribution in [2.24, 2.45) is 0 Å². The minimum absolute atomic E-state index is 0.119. The Morgan fingerprint density at radius 3 is 2.60 bits per heavy atom. The van der Waals surface area contributed by atoms with E-state index in [1.54, 1.807) is 13.3 Å². The van der Waals surface area contributed by atoms with Crippen molar-refractivity contribution in [3.63, 3.8) is 0 Å². The van der Waals surface area contributed by atoms with Crippen molar-refractivity contribution >= 4 is 27.4 Å². The van der Waals surface area contributed by atoms with Gasteiger partial charge in [0.15, 0.2) is 11.4 Å². The number of halogens is 1. The maximum atomic E-state index is 12.9. The molecule has 4 aromatic rings. The highest BCUT2D eigenvalue weighted by Crippen LogP contribution is 2.35. The van der Waals surface area contributed by atoms with Crippen molar-refractivity contribution in [3.05, 3.63) is 87.8 Å². The molecule has 30 heavy (non-hydrogen) atoms. The van der Waals surface area contributed by atoms with Crippen LogP contribution < -0.4 is 0 Å². The zero-order chi connectivity index (χ0) is 20.7. The number of aromatic nitrogens is 3. The zero-order valence-corrected chi connectivity index (χ0v) is 18.1. The van der Waals surface area contributed by atoms with E-state index in [0.717, 1.165) is 39.1 Å². The number of benzene rings is 2. The number of ketones is 1. The average molecular weight is 462 g/mol. The van der Waals surface area contributed by atoms with Gasteiger partial charge in [0.25, 0.3) is 0 Å². The van der Waals surface area contributed by atoms with Gasteiger partial charge in [-0.3, -0.25) is 4.79 Å². The summed E-state index contributed by atoms with van der Waals surface area (Å²) >= 11 is 3.49. The summed E-state index contributed by atoms with van der Waals surface area (Å²) in [4.78, 5) is 17.6. The first-order chi connectivity index (χ1) is 14.7. The van der Waals surface area contributed by atoms with E-state index in [0.29, 0.717) is 18.6 Å². The lowest BCUT2D eigenvalue weighted by molar-refractivity contribution is 0.0962. The summed E-state index contributed by atoms with van der Waals surface area (Å²) in [5.74, 6) is 0.261. The maximum Gasteiger partial charge on any atom is 0.166 e. The molecule has 5 nitrogen and oxygen atoms in total. The second-order valence-electron chi connectivity index (χ2n) is 7.55. The van der Waals surface area contributed by atoms with Crippen molar-refractivity contribution in [1.82, 2.24) is 14.6 Å². The van der Waals surface area contributed by atoms with Gasteiger partial charge in [-0.15, -0.1) is 0 Å². The van der Waals surface area contributed by atoms with Crippen LogP contribution in [0.25, 0.3) is 16.8 Å². The summed E-state index contributed by atoms with van der Waals surface area (Å²) in [6.07, 6.45) is 2.96. The van der Waals surface area contributed by atoms with Gasteiger partial charge in [-0.1, -0.05) is 58.4 Å². The van der Waals surface area contributed by atoms with Gasteiger partial charge in [-0.25, -0.2) is 9.50 Å². The Morgan fingerprint density at radius 1 is 1.10 bits per heavy atom. The molecule has 0 amide bonds. The van der Waals surface area contributed by atoms with Crippen molar-refractivity contribution in [3.8, 4) is 11.1 Å². The Hall–Kier alpha value is -2.83.